The van der Waals surface area contributed by atoms with E-state index in [9.17, 15) is 4.79 Å². The predicted molar refractivity (Wildman–Crippen MR) is 56.1 cm³/mol. The van der Waals surface area contributed by atoms with Gasteiger partial charge in [0, 0.05) is 0 Å². The fraction of sp³-hybridized carbons (Fsp3) is 0.909. The average molecular weight is 199 g/mol. The summed E-state index contributed by atoms with van der Waals surface area (Å²) in [6, 6.07) is 0. The molecule has 1 rings (SSSR count). The Morgan fingerprint density at radius 1 is 1.36 bits per heavy atom. The monoisotopic (exact) mass is 199 g/mol. The minimum atomic E-state index is -0.408. The average Bonchev–Trinajstić information content (AvgIpc) is 2.28. The van der Waals surface area contributed by atoms with Crippen LogP contribution in [0.15, 0.2) is 0 Å². The van der Waals surface area contributed by atoms with E-state index in [-0.39, 0.29) is 5.97 Å². The van der Waals surface area contributed by atoms with Crippen LogP contribution in [0.25, 0.3) is 0 Å². The first kappa shape index (κ1) is 11.5. The molecule has 1 atom stereocenters. The standard InChI is InChI=1S/C11H21NO2/c1-4-11(2,10(13)14-3)12-8-6-5-7-9-12/h4-9H2,1-3H3/t11-/m0/s1. The van der Waals surface area contributed by atoms with Crippen molar-refractivity contribution in [2.75, 3.05) is 20.2 Å². The van der Waals surface area contributed by atoms with Crippen LogP contribution in [0.3, 0.4) is 0 Å². The predicted octanol–water partition coefficient (Wildman–Crippen LogP) is 1.81. The second-order valence-corrected chi connectivity index (χ2v) is 4.17. The number of carbonyl (C=O) groups excluding carboxylic acids is 1. The van der Waals surface area contributed by atoms with Crippen molar-refractivity contribution in [3.63, 3.8) is 0 Å². The molecule has 0 aromatic rings. The highest BCUT2D eigenvalue weighted by Gasteiger charge is 2.39. The van der Waals surface area contributed by atoms with Crippen molar-refractivity contribution in [2.24, 2.45) is 0 Å². The molecule has 1 heterocycles. The van der Waals surface area contributed by atoms with Gasteiger partial charge in [0.15, 0.2) is 0 Å². The van der Waals surface area contributed by atoms with Crippen molar-refractivity contribution >= 4 is 5.97 Å². The summed E-state index contributed by atoms with van der Waals surface area (Å²) in [5.41, 5.74) is -0.408. The molecule has 82 valence electrons. The smallest absolute Gasteiger partial charge is 0.325 e. The minimum Gasteiger partial charge on any atom is -0.468 e. The van der Waals surface area contributed by atoms with Gasteiger partial charge in [0.1, 0.15) is 5.54 Å². The zero-order chi connectivity index (χ0) is 10.6. The van der Waals surface area contributed by atoms with E-state index in [0.29, 0.717) is 0 Å². The minimum absolute atomic E-state index is 0.0955. The van der Waals surface area contributed by atoms with Gasteiger partial charge in [-0.15, -0.1) is 0 Å². The number of esters is 1. The van der Waals surface area contributed by atoms with E-state index in [0.717, 1.165) is 19.5 Å². The highest BCUT2D eigenvalue weighted by Crippen LogP contribution is 2.25. The zero-order valence-corrected chi connectivity index (χ0v) is 9.51. The highest BCUT2D eigenvalue weighted by atomic mass is 16.5. The summed E-state index contributed by atoms with van der Waals surface area (Å²) in [4.78, 5) is 14.0. The molecule has 0 aliphatic carbocycles. The number of nitrogens with zero attached hydrogens (tertiary/aromatic N) is 1. The van der Waals surface area contributed by atoms with Crippen LogP contribution in [-0.4, -0.2) is 36.6 Å². The first-order valence-electron chi connectivity index (χ1n) is 5.48. The molecule has 0 aromatic heterocycles. The second-order valence-electron chi connectivity index (χ2n) is 4.17. The van der Waals surface area contributed by atoms with Crippen LogP contribution in [0.1, 0.15) is 39.5 Å². The van der Waals surface area contributed by atoms with Gasteiger partial charge in [0.25, 0.3) is 0 Å². The van der Waals surface area contributed by atoms with Gasteiger partial charge in [0.05, 0.1) is 7.11 Å². The van der Waals surface area contributed by atoms with Crippen molar-refractivity contribution in [3.8, 4) is 0 Å². The van der Waals surface area contributed by atoms with Crippen molar-refractivity contribution in [1.82, 2.24) is 4.90 Å². The molecule has 1 fully saturated rings. The van der Waals surface area contributed by atoms with E-state index >= 15 is 0 Å². The molecule has 0 aromatic carbocycles. The van der Waals surface area contributed by atoms with Crippen LogP contribution >= 0.6 is 0 Å². The molecule has 0 saturated carbocycles. The number of ether oxygens (including phenoxy) is 1. The molecule has 0 N–H and O–H groups in total. The topological polar surface area (TPSA) is 29.5 Å². The van der Waals surface area contributed by atoms with Crippen molar-refractivity contribution in [1.29, 1.82) is 0 Å². The second kappa shape index (κ2) is 4.78. The maximum absolute atomic E-state index is 11.7. The number of methoxy groups -OCH3 is 1. The molecule has 0 radical (unpaired) electrons. The molecule has 3 heteroatoms. The lowest BCUT2D eigenvalue weighted by Gasteiger charge is -2.40. The Kier molecular flexibility index (Phi) is 3.93. The van der Waals surface area contributed by atoms with Crippen LogP contribution in [0.2, 0.25) is 0 Å². The van der Waals surface area contributed by atoms with Crippen LogP contribution in [-0.2, 0) is 9.53 Å². The molecule has 0 amide bonds. The van der Waals surface area contributed by atoms with Crippen LogP contribution in [0, 0.1) is 0 Å². The van der Waals surface area contributed by atoms with Gasteiger partial charge in [-0.3, -0.25) is 9.69 Å². The summed E-state index contributed by atoms with van der Waals surface area (Å²) in [5, 5.41) is 0. The third-order valence-corrected chi connectivity index (χ3v) is 3.37. The van der Waals surface area contributed by atoms with E-state index in [4.69, 9.17) is 4.74 Å². The number of hydrogen-bond acceptors (Lipinski definition) is 3. The van der Waals surface area contributed by atoms with E-state index in [1.165, 1.54) is 26.4 Å². The lowest BCUT2D eigenvalue weighted by Crippen LogP contribution is -2.54. The van der Waals surface area contributed by atoms with Crippen molar-refractivity contribution < 1.29 is 9.53 Å². The molecule has 0 unspecified atom stereocenters. The normalized spacial score (nSPS) is 22.8. The molecule has 1 aliphatic heterocycles. The quantitative estimate of drug-likeness (QED) is 0.649. The van der Waals surface area contributed by atoms with E-state index < -0.39 is 5.54 Å². The molecule has 14 heavy (non-hydrogen) atoms. The molecule has 3 nitrogen and oxygen atoms in total. The number of likely N-dealkylation sites (tertiary alicyclic amines) is 1. The van der Waals surface area contributed by atoms with Crippen LogP contribution in [0.5, 0.6) is 0 Å². The summed E-state index contributed by atoms with van der Waals surface area (Å²) < 4.78 is 4.88. The van der Waals surface area contributed by atoms with Gasteiger partial charge in [-0.25, -0.2) is 0 Å². The number of hydrogen-bond donors (Lipinski definition) is 0. The molecular formula is C11H21NO2. The maximum atomic E-state index is 11.7. The van der Waals surface area contributed by atoms with Gasteiger partial charge in [-0.2, -0.15) is 0 Å². The van der Waals surface area contributed by atoms with Crippen LogP contribution in [0.4, 0.5) is 0 Å². The molecule has 1 aliphatic rings. The van der Waals surface area contributed by atoms with E-state index in [2.05, 4.69) is 4.90 Å². The van der Waals surface area contributed by atoms with Gasteiger partial charge >= 0.3 is 5.97 Å². The molecular weight excluding hydrogens is 178 g/mol. The lowest BCUT2D eigenvalue weighted by atomic mass is 9.93. The summed E-state index contributed by atoms with van der Waals surface area (Å²) in [6.07, 6.45) is 4.51. The zero-order valence-electron chi connectivity index (χ0n) is 9.51. The van der Waals surface area contributed by atoms with E-state index in [1.807, 2.05) is 13.8 Å². The van der Waals surface area contributed by atoms with Gasteiger partial charge in [-0.1, -0.05) is 13.3 Å². The van der Waals surface area contributed by atoms with Gasteiger partial charge in [-0.05, 0) is 39.3 Å². The fourth-order valence-corrected chi connectivity index (χ4v) is 2.10. The summed E-state index contributed by atoms with van der Waals surface area (Å²) in [6.45, 7) is 6.09. The Morgan fingerprint density at radius 3 is 2.36 bits per heavy atom. The number of carbonyl (C=O) groups is 1. The Morgan fingerprint density at radius 2 is 1.93 bits per heavy atom. The Labute approximate surface area is 86.4 Å². The molecule has 0 spiro atoms. The first-order chi connectivity index (χ1) is 6.65. The summed E-state index contributed by atoms with van der Waals surface area (Å²) in [5.74, 6) is -0.0955. The van der Waals surface area contributed by atoms with Crippen molar-refractivity contribution in [2.45, 2.75) is 45.1 Å². The van der Waals surface area contributed by atoms with Crippen LogP contribution < -0.4 is 0 Å². The largest absolute Gasteiger partial charge is 0.468 e. The van der Waals surface area contributed by atoms with E-state index in [1.54, 1.807) is 0 Å². The third-order valence-electron chi connectivity index (χ3n) is 3.37. The number of rotatable bonds is 3. The van der Waals surface area contributed by atoms with Crippen molar-refractivity contribution in [3.05, 3.63) is 0 Å². The lowest BCUT2D eigenvalue weighted by molar-refractivity contribution is -0.155. The van der Waals surface area contributed by atoms with Gasteiger partial charge in [0.2, 0.25) is 0 Å². The Balaban J connectivity index is 2.71. The first-order valence-corrected chi connectivity index (χ1v) is 5.48. The number of piperidine rings is 1. The molecule has 0 bridgehead atoms. The third kappa shape index (κ3) is 2.08. The Hall–Kier alpha value is -0.570. The maximum Gasteiger partial charge on any atom is 0.325 e. The SMILES string of the molecule is CC[C@@](C)(C(=O)OC)N1CCCCC1. The fourth-order valence-electron chi connectivity index (χ4n) is 2.10. The van der Waals surface area contributed by atoms with Gasteiger partial charge < -0.3 is 4.74 Å². The summed E-state index contributed by atoms with van der Waals surface area (Å²) >= 11 is 0. The highest BCUT2D eigenvalue weighted by molar-refractivity contribution is 5.80. The summed E-state index contributed by atoms with van der Waals surface area (Å²) in [7, 11) is 1.47. The Bertz CT molecular complexity index is 199. The molecule has 1 saturated heterocycles.